The van der Waals surface area contributed by atoms with E-state index in [1.165, 1.54) is 0 Å². The SMILES string of the molecule is CC#CC(=O)N1CC(N2CC[C@@H](c3cc4c(c(C)n3)OCc3c(N5CCOCC5)ccnc3N4)C2)C1. The van der Waals surface area contributed by atoms with Gasteiger partial charge in [0, 0.05) is 62.3 Å². The number of carbonyl (C=O) groups is 1. The molecule has 1 N–H and O–H groups in total. The highest BCUT2D eigenvalue weighted by molar-refractivity contribution is 5.94. The lowest BCUT2D eigenvalue weighted by molar-refractivity contribution is -0.131. The van der Waals surface area contributed by atoms with E-state index in [9.17, 15) is 4.79 Å². The number of carbonyl (C=O) groups excluding carboxylic acids is 1. The van der Waals surface area contributed by atoms with Gasteiger partial charge in [-0.2, -0.15) is 0 Å². The minimum absolute atomic E-state index is 0.0655. The Bertz CT molecular complexity index is 1230. The minimum Gasteiger partial charge on any atom is -0.485 e. The van der Waals surface area contributed by atoms with Crippen LogP contribution in [-0.2, 0) is 16.1 Å². The molecule has 3 fully saturated rings. The van der Waals surface area contributed by atoms with Gasteiger partial charge >= 0.3 is 0 Å². The summed E-state index contributed by atoms with van der Waals surface area (Å²) < 4.78 is 11.9. The Hall–Kier alpha value is -3.35. The van der Waals surface area contributed by atoms with Gasteiger partial charge in [-0.1, -0.05) is 5.92 Å². The molecule has 0 aliphatic carbocycles. The molecule has 2 aromatic rings. The molecule has 1 atom stereocenters. The number of nitrogens with zero attached hydrogens (tertiary/aromatic N) is 5. The maximum atomic E-state index is 12.0. The van der Waals surface area contributed by atoms with E-state index in [1.807, 2.05) is 18.0 Å². The zero-order chi connectivity index (χ0) is 24.6. The topological polar surface area (TPSA) is 83.1 Å². The number of fused-ring (bicyclic) bond motifs is 2. The molecule has 0 aromatic carbocycles. The summed E-state index contributed by atoms with van der Waals surface area (Å²) in [6, 6.07) is 4.62. The second-order valence-electron chi connectivity index (χ2n) is 9.90. The first-order chi connectivity index (χ1) is 17.6. The van der Waals surface area contributed by atoms with Gasteiger partial charge in [-0.3, -0.25) is 14.7 Å². The van der Waals surface area contributed by atoms with E-state index in [0.29, 0.717) is 18.6 Å². The molecule has 2 aromatic heterocycles. The van der Waals surface area contributed by atoms with Crippen LogP contribution in [-0.4, -0.2) is 84.2 Å². The van der Waals surface area contributed by atoms with Gasteiger partial charge < -0.3 is 24.6 Å². The standard InChI is InChI=1S/C27H32N6O3/c1-3-4-25(34)33-15-20(16-33)32-8-6-19(14-32)22-13-23-26(18(2)29-22)36-17-21-24(5-7-28-27(21)30-23)31-9-11-35-12-10-31/h5,7,13,19-20H,6,8-12,14-17H2,1-2H3,(H,28,30)/t19-/m1/s1. The van der Waals surface area contributed by atoms with Crippen LogP contribution in [0.1, 0.15) is 36.2 Å². The number of rotatable bonds is 3. The van der Waals surface area contributed by atoms with Crippen LogP contribution >= 0.6 is 0 Å². The zero-order valence-electron chi connectivity index (χ0n) is 20.9. The van der Waals surface area contributed by atoms with Crippen molar-refractivity contribution < 1.29 is 14.3 Å². The number of aromatic nitrogens is 2. The van der Waals surface area contributed by atoms with Crippen molar-refractivity contribution in [3.05, 3.63) is 35.3 Å². The Kier molecular flexibility index (Phi) is 6.15. The maximum absolute atomic E-state index is 12.0. The summed E-state index contributed by atoms with van der Waals surface area (Å²) >= 11 is 0. The molecule has 3 saturated heterocycles. The Morgan fingerprint density at radius 2 is 2.03 bits per heavy atom. The van der Waals surface area contributed by atoms with Gasteiger partial charge in [-0.15, -0.1) is 0 Å². The molecule has 0 spiro atoms. The number of ether oxygens (including phenoxy) is 2. The van der Waals surface area contributed by atoms with Crippen molar-refractivity contribution in [2.75, 3.05) is 62.7 Å². The first-order valence-corrected chi connectivity index (χ1v) is 12.8. The summed E-state index contributed by atoms with van der Waals surface area (Å²) in [6.07, 6.45) is 2.92. The first kappa shape index (κ1) is 23.1. The van der Waals surface area contributed by atoms with E-state index < -0.39 is 0 Å². The fourth-order valence-electron chi connectivity index (χ4n) is 5.67. The summed E-state index contributed by atoms with van der Waals surface area (Å²) in [5.41, 5.74) is 5.13. The quantitative estimate of drug-likeness (QED) is 0.659. The highest BCUT2D eigenvalue weighted by atomic mass is 16.5. The van der Waals surface area contributed by atoms with Crippen LogP contribution in [0.4, 0.5) is 17.2 Å². The lowest BCUT2D eigenvalue weighted by Gasteiger charge is -2.43. The lowest BCUT2D eigenvalue weighted by Crippen LogP contribution is -2.60. The van der Waals surface area contributed by atoms with Crippen LogP contribution in [0.2, 0.25) is 0 Å². The van der Waals surface area contributed by atoms with Crippen LogP contribution in [0.15, 0.2) is 18.3 Å². The summed E-state index contributed by atoms with van der Waals surface area (Å²) in [4.78, 5) is 28.3. The van der Waals surface area contributed by atoms with Gasteiger partial charge in [0.05, 0.1) is 30.2 Å². The second kappa shape index (κ2) is 9.60. The predicted octanol–water partition coefficient (Wildman–Crippen LogP) is 2.28. The van der Waals surface area contributed by atoms with Gasteiger partial charge in [0.1, 0.15) is 12.4 Å². The van der Waals surface area contributed by atoms with Crippen molar-refractivity contribution in [3.8, 4) is 17.6 Å². The van der Waals surface area contributed by atoms with Crippen molar-refractivity contribution in [1.82, 2.24) is 19.8 Å². The third-order valence-electron chi connectivity index (χ3n) is 7.69. The average Bonchev–Trinajstić information content (AvgIpc) is 3.25. The third kappa shape index (κ3) is 4.25. The number of morpholine rings is 1. The monoisotopic (exact) mass is 488 g/mol. The average molecular weight is 489 g/mol. The fraction of sp³-hybridized carbons (Fsp3) is 0.519. The number of aryl methyl sites for hydroxylation is 1. The number of hydrogen-bond acceptors (Lipinski definition) is 8. The van der Waals surface area contributed by atoms with Gasteiger partial charge in [0.15, 0.2) is 5.75 Å². The highest BCUT2D eigenvalue weighted by Crippen LogP contribution is 2.40. The maximum Gasteiger partial charge on any atom is 0.298 e. The van der Waals surface area contributed by atoms with E-state index in [-0.39, 0.29) is 5.91 Å². The number of likely N-dealkylation sites (tertiary alicyclic amines) is 2. The number of pyridine rings is 2. The van der Waals surface area contributed by atoms with E-state index in [2.05, 4.69) is 44.1 Å². The summed E-state index contributed by atoms with van der Waals surface area (Å²) in [5, 5.41) is 3.57. The van der Waals surface area contributed by atoms with Crippen LogP contribution in [0.3, 0.4) is 0 Å². The Labute approximate surface area is 211 Å². The smallest absolute Gasteiger partial charge is 0.298 e. The molecule has 6 heterocycles. The Balaban J connectivity index is 1.18. The van der Waals surface area contributed by atoms with Crippen molar-refractivity contribution in [3.63, 3.8) is 0 Å². The van der Waals surface area contributed by atoms with E-state index in [1.54, 1.807) is 6.92 Å². The van der Waals surface area contributed by atoms with Crippen LogP contribution < -0.4 is 15.0 Å². The summed E-state index contributed by atoms with van der Waals surface area (Å²) in [6.45, 7) is 10.9. The van der Waals surface area contributed by atoms with Crippen LogP contribution in [0.5, 0.6) is 5.75 Å². The van der Waals surface area contributed by atoms with Gasteiger partial charge in [0.25, 0.3) is 5.91 Å². The molecule has 0 saturated carbocycles. The molecule has 36 heavy (non-hydrogen) atoms. The molecular weight excluding hydrogens is 456 g/mol. The number of amides is 1. The molecule has 0 bridgehead atoms. The molecule has 9 nitrogen and oxygen atoms in total. The normalized spacial score (nSPS) is 21.8. The van der Waals surface area contributed by atoms with E-state index >= 15 is 0 Å². The molecule has 4 aliphatic heterocycles. The van der Waals surface area contributed by atoms with Crippen LogP contribution in [0.25, 0.3) is 0 Å². The number of nitrogens with one attached hydrogen (secondary N) is 1. The molecule has 0 unspecified atom stereocenters. The molecule has 188 valence electrons. The third-order valence-corrected chi connectivity index (χ3v) is 7.69. The second-order valence-corrected chi connectivity index (χ2v) is 9.90. The fourth-order valence-corrected chi connectivity index (χ4v) is 5.67. The molecule has 1 amide bonds. The number of hydrogen-bond donors (Lipinski definition) is 1. The Morgan fingerprint density at radius 1 is 1.19 bits per heavy atom. The molecule has 0 radical (unpaired) electrons. The zero-order valence-corrected chi connectivity index (χ0v) is 20.9. The molecule has 6 rings (SSSR count). The van der Waals surface area contributed by atoms with Crippen LogP contribution in [0, 0.1) is 18.8 Å². The van der Waals surface area contributed by atoms with Gasteiger partial charge in [-0.05, 0) is 44.9 Å². The predicted molar refractivity (Wildman–Crippen MR) is 137 cm³/mol. The summed E-state index contributed by atoms with van der Waals surface area (Å²) in [5.74, 6) is 7.27. The molecule has 4 aliphatic rings. The van der Waals surface area contributed by atoms with Crippen molar-refractivity contribution in [2.24, 2.45) is 0 Å². The molecular formula is C27H32N6O3. The van der Waals surface area contributed by atoms with Crippen molar-refractivity contribution in [2.45, 2.75) is 38.8 Å². The number of anilines is 3. The molecule has 9 heteroatoms. The highest BCUT2D eigenvalue weighted by Gasteiger charge is 2.38. The Morgan fingerprint density at radius 3 is 2.83 bits per heavy atom. The lowest BCUT2D eigenvalue weighted by atomic mass is 10.0. The van der Waals surface area contributed by atoms with E-state index in [0.717, 1.165) is 98.8 Å². The van der Waals surface area contributed by atoms with Gasteiger partial charge in [-0.25, -0.2) is 4.98 Å². The van der Waals surface area contributed by atoms with Crippen molar-refractivity contribution >= 4 is 23.1 Å². The van der Waals surface area contributed by atoms with Gasteiger partial charge in [0.2, 0.25) is 0 Å². The summed E-state index contributed by atoms with van der Waals surface area (Å²) in [7, 11) is 0. The first-order valence-electron chi connectivity index (χ1n) is 12.8. The van der Waals surface area contributed by atoms with E-state index in [4.69, 9.17) is 14.5 Å². The minimum atomic E-state index is -0.0655. The van der Waals surface area contributed by atoms with Crippen molar-refractivity contribution in [1.29, 1.82) is 0 Å². The largest absolute Gasteiger partial charge is 0.485 e.